The van der Waals surface area contributed by atoms with Crippen LogP contribution in [0.2, 0.25) is 0 Å². The summed E-state index contributed by atoms with van der Waals surface area (Å²) in [5, 5.41) is 13.5. The van der Waals surface area contributed by atoms with Gasteiger partial charge in [-0.3, -0.25) is 4.90 Å². The van der Waals surface area contributed by atoms with Crippen molar-refractivity contribution in [2.24, 2.45) is 5.92 Å². The summed E-state index contributed by atoms with van der Waals surface area (Å²) in [4.78, 5) is 2.55. The molecule has 4 nitrogen and oxygen atoms in total. The van der Waals surface area contributed by atoms with E-state index in [4.69, 9.17) is 4.74 Å². The zero-order valence-corrected chi connectivity index (χ0v) is 12.0. The minimum atomic E-state index is -0.634. The lowest BCUT2D eigenvalue weighted by atomic mass is 9.92. The molecule has 0 aromatic rings. The van der Waals surface area contributed by atoms with Crippen LogP contribution in [0.5, 0.6) is 0 Å². The van der Waals surface area contributed by atoms with E-state index in [0.29, 0.717) is 12.6 Å². The maximum atomic E-state index is 10.2. The lowest BCUT2D eigenvalue weighted by Gasteiger charge is -2.36. The molecule has 0 spiro atoms. The number of aliphatic hydroxyl groups is 1. The van der Waals surface area contributed by atoms with E-state index < -0.39 is 5.60 Å². The Morgan fingerprint density at radius 3 is 3.00 bits per heavy atom. The van der Waals surface area contributed by atoms with Crippen LogP contribution in [-0.2, 0) is 4.74 Å². The maximum Gasteiger partial charge on any atom is 0.0827 e. The van der Waals surface area contributed by atoms with Gasteiger partial charge < -0.3 is 15.2 Å². The first-order valence-corrected chi connectivity index (χ1v) is 7.28. The minimum absolute atomic E-state index is 0.264. The Kier molecular flexibility index (Phi) is 4.64. The molecule has 2 N–H and O–H groups in total. The Labute approximate surface area is 111 Å². The van der Waals surface area contributed by atoms with Crippen molar-refractivity contribution in [3.63, 3.8) is 0 Å². The molecule has 0 amide bonds. The van der Waals surface area contributed by atoms with Gasteiger partial charge in [0.05, 0.1) is 18.3 Å². The van der Waals surface area contributed by atoms with E-state index in [-0.39, 0.29) is 12.0 Å². The van der Waals surface area contributed by atoms with Crippen LogP contribution in [0.15, 0.2) is 0 Å². The van der Waals surface area contributed by atoms with E-state index >= 15 is 0 Å². The fourth-order valence-corrected chi connectivity index (χ4v) is 2.70. The molecular weight excluding hydrogens is 228 g/mol. The van der Waals surface area contributed by atoms with Crippen LogP contribution in [0.3, 0.4) is 0 Å². The third-order valence-electron chi connectivity index (χ3n) is 4.56. The summed E-state index contributed by atoms with van der Waals surface area (Å²) in [6, 6.07) is 0.667. The third-order valence-corrected chi connectivity index (χ3v) is 4.56. The molecule has 3 unspecified atom stereocenters. The number of nitrogens with zero attached hydrogens (tertiary/aromatic N) is 1. The van der Waals surface area contributed by atoms with Crippen molar-refractivity contribution >= 4 is 0 Å². The molecule has 0 radical (unpaired) electrons. The zero-order chi connectivity index (χ0) is 13.2. The van der Waals surface area contributed by atoms with Gasteiger partial charge >= 0.3 is 0 Å². The van der Waals surface area contributed by atoms with Gasteiger partial charge in [0, 0.05) is 25.7 Å². The quantitative estimate of drug-likeness (QED) is 0.765. The van der Waals surface area contributed by atoms with E-state index in [0.717, 1.165) is 19.7 Å². The van der Waals surface area contributed by atoms with E-state index in [2.05, 4.69) is 10.2 Å². The van der Waals surface area contributed by atoms with Gasteiger partial charge in [0.2, 0.25) is 0 Å². The van der Waals surface area contributed by atoms with Gasteiger partial charge in [0.1, 0.15) is 0 Å². The lowest BCUT2D eigenvalue weighted by Crippen LogP contribution is -2.51. The van der Waals surface area contributed by atoms with E-state index in [9.17, 15) is 5.11 Å². The standard InChI is InChI=1S/C14H28N2O2/c1-11(2)14(3,17)10-15-7-13-8-16-6-4-5-12(16)9-18-13/h11-13,15,17H,4-10H2,1-3H3. The van der Waals surface area contributed by atoms with Gasteiger partial charge in [-0.05, 0) is 32.2 Å². The summed E-state index contributed by atoms with van der Waals surface area (Å²) in [5.41, 5.74) is -0.634. The average molecular weight is 256 g/mol. The Balaban J connectivity index is 1.68. The predicted octanol–water partition coefficient (Wildman–Crippen LogP) is 0.846. The number of nitrogens with one attached hydrogen (secondary N) is 1. The summed E-state index contributed by atoms with van der Waals surface area (Å²) < 4.78 is 5.88. The molecule has 0 aromatic heterocycles. The van der Waals surface area contributed by atoms with Crippen molar-refractivity contribution in [3.8, 4) is 0 Å². The van der Waals surface area contributed by atoms with Crippen LogP contribution in [0.4, 0.5) is 0 Å². The van der Waals surface area contributed by atoms with E-state index in [1.807, 2.05) is 20.8 Å². The van der Waals surface area contributed by atoms with Crippen molar-refractivity contribution in [2.45, 2.75) is 51.4 Å². The second-order valence-electron chi connectivity index (χ2n) is 6.39. The second kappa shape index (κ2) is 5.87. The Hall–Kier alpha value is -0.160. The highest BCUT2D eigenvalue weighted by molar-refractivity contribution is 4.86. The largest absolute Gasteiger partial charge is 0.389 e. The molecular formula is C14H28N2O2. The molecule has 3 atom stereocenters. The number of fused-ring (bicyclic) bond motifs is 1. The monoisotopic (exact) mass is 256 g/mol. The molecule has 2 aliphatic rings. The molecule has 0 aromatic carbocycles. The molecule has 0 bridgehead atoms. The van der Waals surface area contributed by atoms with Gasteiger partial charge in [-0.1, -0.05) is 13.8 Å². The highest BCUT2D eigenvalue weighted by Crippen LogP contribution is 2.22. The lowest BCUT2D eigenvalue weighted by molar-refractivity contribution is -0.0508. The van der Waals surface area contributed by atoms with Crippen LogP contribution in [0.25, 0.3) is 0 Å². The molecule has 0 saturated carbocycles. The summed E-state index contributed by atoms with van der Waals surface area (Å²) in [7, 11) is 0. The summed E-state index contributed by atoms with van der Waals surface area (Å²) in [6.07, 6.45) is 2.89. The molecule has 4 heteroatoms. The number of hydrogen-bond acceptors (Lipinski definition) is 4. The molecule has 2 heterocycles. The first kappa shape index (κ1) is 14.3. The number of hydrogen-bond donors (Lipinski definition) is 2. The molecule has 0 aliphatic carbocycles. The summed E-state index contributed by atoms with van der Waals surface area (Å²) in [6.45, 7) is 10.6. The first-order valence-electron chi connectivity index (χ1n) is 7.28. The van der Waals surface area contributed by atoms with Crippen LogP contribution < -0.4 is 5.32 Å². The summed E-state index contributed by atoms with van der Waals surface area (Å²) in [5.74, 6) is 0.264. The first-order chi connectivity index (χ1) is 8.49. The zero-order valence-electron chi connectivity index (χ0n) is 12.0. The van der Waals surface area contributed by atoms with Crippen molar-refractivity contribution < 1.29 is 9.84 Å². The topological polar surface area (TPSA) is 44.7 Å². The second-order valence-corrected chi connectivity index (χ2v) is 6.39. The maximum absolute atomic E-state index is 10.2. The Morgan fingerprint density at radius 1 is 1.50 bits per heavy atom. The molecule has 18 heavy (non-hydrogen) atoms. The van der Waals surface area contributed by atoms with Gasteiger partial charge in [-0.25, -0.2) is 0 Å². The fourth-order valence-electron chi connectivity index (χ4n) is 2.70. The highest BCUT2D eigenvalue weighted by Gasteiger charge is 2.32. The fraction of sp³-hybridized carbons (Fsp3) is 1.00. The molecule has 2 fully saturated rings. The molecule has 106 valence electrons. The molecule has 2 rings (SSSR count). The predicted molar refractivity (Wildman–Crippen MR) is 72.7 cm³/mol. The van der Waals surface area contributed by atoms with Gasteiger partial charge in [0.15, 0.2) is 0 Å². The van der Waals surface area contributed by atoms with Gasteiger partial charge in [0.25, 0.3) is 0 Å². The van der Waals surface area contributed by atoms with Gasteiger partial charge in [-0.15, -0.1) is 0 Å². The number of morpholine rings is 1. The summed E-state index contributed by atoms with van der Waals surface area (Å²) >= 11 is 0. The van der Waals surface area contributed by atoms with Crippen molar-refractivity contribution in [1.82, 2.24) is 10.2 Å². The Bertz CT molecular complexity index is 269. The number of rotatable bonds is 5. The Morgan fingerprint density at radius 2 is 2.28 bits per heavy atom. The van der Waals surface area contributed by atoms with Crippen molar-refractivity contribution in [2.75, 3.05) is 32.8 Å². The normalized spacial score (nSPS) is 32.5. The van der Waals surface area contributed by atoms with Crippen molar-refractivity contribution in [1.29, 1.82) is 0 Å². The molecule has 2 aliphatic heterocycles. The highest BCUT2D eigenvalue weighted by atomic mass is 16.5. The number of ether oxygens (including phenoxy) is 1. The van der Waals surface area contributed by atoms with Crippen LogP contribution in [-0.4, -0.2) is 60.5 Å². The smallest absolute Gasteiger partial charge is 0.0827 e. The van der Waals surface area contributed by atoms with Crippen LogP contribution in [0.1, 0.15) is 33.6 Å². The third kappa shape index (κ3) is 3.44. The molecule has 2 saturated heterocycles. The average Bonchev–Trinajstić information content (AvgIpc) is 2.75. The van der Waals surface area contributed by atoms with Crippen molar-refractivity contribution in [3.05, 3.63) is 0 Å². The SMILES string of the molecule is CC(C)C(C)(O)CNCC1CN2CCCC2CO1. The minimum Gasteiger partial charge on any atom is -0.389 e. The van der Waals surface area contributed by atoms with Crippen LogP contribution in [0, 0.1) is 5.92 Å². The van der Waals surface area contributed by atoms with E-state index in [1.165, 1.54) is 19.4 Å². The van der Waals surface area contributed by atoms with E-state index in [1.54, 1.807) is 0 Å². The van der Waals surface area contributed by atoms with Crippen LogP contribution >= 0.6 is 0 Å². The van der Waals surface area contributed by atoms with Gasteiger partial charge in [-0.2, -0.15) is 0 Å².